The van der Waals surface area contributed by atoms with E-state index in [-0.39, 0.29) is 5.41 Å². The van der Waals surface area contributed by atoms with Gasteiger partial charge in [0.1, 0.15) is 11.6 Å². The van der Waals surface area contributed by atoms with Crippen molar-refractivity contribution < 1.29 is 9.53 Å². The molecule has 1 unspecified atom stereocenters. The Morgan fingerprint density at radius 3 is 2.81 bits per heavy atom. The van der Waals surface area contributed by atoms with Crippen LogP contribution < -0.4 is 9.64 Å². The fourth-order valence-electron chi connectivity index (χ4n) is 5.30. The fourth-order valence-corrected chi connectivity index (χ4v) is 5.30. The number of hydrogen-bond donors (Lipinski definition) is 0. The van der Waals surface area contributed by atoms with Gasteiger partial charge < -0.3 is 14.5 Å². The number of ether oxygens (including phenoxy) is 1. The third kappa shape index (κ3) is 3.36. The molecular formula is C21H28N4O2. The summed E-state index contributed by atoms with van der Waals surface area (Å²) in [7, 11) is 1.55. The highest BCUT2D eigenvalue weighted by molar-refractivity contribution is 5.77. The Morgan fingerprint density at radius 2 is 2.07 bits per heavy atom. The molecule has 27 heavy (non-hydrogen) atoms. The van der Waals surface area contributed by atoms with E-state index in [1.807, 2.05) is 6.07 Å². The van der Waals surface area contributed by atoms with Gasteiger partial charge in [0.25, 0.3) is 0 Å². The predicted octanol–water partition coefficient (Wildman–Crippen LogP) is 3.11. The summed E-state index contributed by atoms with van der Waals surface area (Å²) in [6.07, 6.45) is 10.4. The number of anilines is 1. The van der Waals surface area contributed by atoms with Crippen LogP contribution in [0.1, 0.15) is 56.9 Å². The largest absolute Gasteiger partial charge is 0.480 e. The van der Waals surface area contributed by atoms with Crippen molar-refractivity contribution in [2.24, 2.45) is 5.41 Å². The molecule has 3 heterocycles. The number of pyridine rings is 1. The van der Waals surface area contributed by atoms with Gasteiger partial charge in [0.15, 0.2) is 0 Å². The van der Waals surface area contributed by atoms with Crippen LogP contribution in [0.25, 0.3) is 0 Å². The maximum Gasteiger partial charge on any atom is 0.233 e. The van der Waals surface area contributed by atoms with Crippen LogP contribution in [-0.4, -0.2) is 48.6 Å². The predicted molar refractivity (Wildman–Crippen MR) is 103 cm³/mol. The molecule has 6 nitrogen and oxygen atoms in total. The Kier molecular flexibility index (Phi) is 4.94. The van der Waals surface area contributed by atoms with Crippen LogP contribution in [0.4, 0.5) is 5.69 Å². The quantitative estimate of drug-likeness (QED) is 0.820. The minimum Gasteiger partial charge on any atom is -0.480 e. The van der Waals surface area contributed by atoms with Gasteiger partial charge in [-0.2, -0.15) is 5.26 Å². The van der Waals surface area contributed by atoms with E-state index in [1.54, 1.807) is 13.3 Å². The minimum atomic E-state index is 0.137. The third-order valence-corrected chi connectivity index (χ3v) is 6.66. The van der Waals surface area contributed by atoms with Crippen molar-refractivity contribution in [2.75, 3.05) is 31.6 Å². The lowest BCUT2D eigenvalue weighted by Crippen LogP contribution is -2.56. The van der Waals surface area contributed by atoms with Crippen LogP contribution >= 0.6 is 0 Å². The summed E-state index contributed by atoms with van der Waals surface area (Å²) in [5, 5.41) is 9.63. The number of carbonyl (C=O) groups is 1. The Hall–Kier alpha value is -2.29. The normalized spacial score (nSPS) is 26.4. The van der Waals surface area contributed by atoms with Crippen LogP contribution in [0.15, 0.2) is 12.3 Å². The van der Waals surface area contributed by atoms with E-state index >= 15 is 0 Å². The first-order valence-corrected chi connectivity index (χ1v) is 10.1. The van der Waals surface area contributed by atoms with Crippen LogP contribution in [0.5, 0.6) is 5.88 Å². The van der Waals surface area contributed by atoms with E-state index in [1.165, 1.54) is 12.8 Å². The molecule has 144 valence electrons. The maximum absolute atomic E-state index is 12.6. The van der Waals surface area contributed by atoms with Crippen molar-refractivity contribution in [2.45, 2.75) is 57.4 Å². The molecule has 0 aromatic carbocycles. The molecule has 1 saturated carbocycles. The van der Waals surface area contributed by atoms with Crippen molar-refractivity contribution in [1.82, 2.24) is 9.88 Å². The van der Waals surface area contributed by atoms with Gasteiger partial charge in [-0.05, 0) is 38.2 Å². The number of methoxy groups -OCH3 is 1. The van der Waals surface area contributed by atoms with Crippen LogP contribution in [0, 0.1) is 16.7 Å². The molecule has 1 aliphatic carbocycles. The first-order valence-electron chi connectivity index (χ1n) is 10.1. The number of likely N-dealkylation sites (tertiary alicyclic amines) is 1. The van der Waals surface area contributed by atoms with Gasteiger partial charge >= 0.3 is 0 Å². The molecule has 0 radical (unpaired) electrons. The molecule has 1 aromatic heterocycles. The van der Waals surface area contributed by atoms with Crippen LogP contribution in [0.3, 0.4) is 0 Å². The minimum absolute atomic E-state index is 0.137. The summed E-state index contributed by atoms with van der Waals surface area (Å²) in [5.41, 5.74) is 1.56. The van der Waals surface area contributed by atoms with E-state index < -0.39 is 0 Å². The van der Waals surface area contributed by atoms with Gasteiger partial charge in [0.2, 0.25) is 11.8 Å². The molecular weight excluding hydrogens is 340 g/mol. The second-order valence-electron chi connectivity index (χ2n) is 8.31. The van der Waals surface area contributed by atoms with E-state index in [4.69, 9.17) is 4.74 Å². The molecule has 0 bridgehead atoms. The fraction of sp³-hybridized carbons (Fsp3) is 0.667. The number of rotatable bonds is 3. The van der Waals surface area contributed by atoms with Crippen molar-refractivity contribution in [3.05, 3.63) is 17.8 Å². The van der Waals surface area contributed by atoms with Gasteiger partial charge in [-0.25, -0.2) is 4.98 Å². The number of nitrogens with zero attached hydrogens (tertiary/aromatic N) is 4. The first-order chi connectivity index (χ1) is 13.2. The van der Waals surface area contributed by atoms with Gasteiger partial charge in [0, 0.05) is 43.7 Å². The van der Waals surface area contributed by atoms with E-state index in [9.17, 15) is 10.1 Å². The van der Waals surface area contributed by atoms with Crippen molar-refractivity contribution >= 4 is 11.6 Å². The Labute approximate surface area is 161 Å². The second kappa shape index (κ2) is 7.38. The molecule has 4 rings (SSSR count). The zero-order valence-corrected chi connectivity index (χ0v) is 16.1. The highest BCUT2D eigenvalue weighted by atomic mass is 16.5. The number of aromatic nitrogens is 1. The molecule has 1 spiro atoms. The van der Waals surface area contributed by atoms with Crippen LogP contribution in [0.2, 0.25) is 0 Å². The first kappa shape index (κ1) is 18.1. The molecule has 3 fully saturated rings. The molecule has 1 amide bonds. The molecule has 1 aromatic rings. The Bertz CT molecular complexity index is 753. The second-order valence-corrected chi connectivity index (χ2v) is 8.31. The Balaban J connectivity index is 1.58. The van der Waals surface area contributed by atoms with E-state index in [0.29, 0.717) is 29.8 Å². The Morgan fingerprint density at radius 1 is 1.26 bits per heavy atom. The van der Waals surface area contributed by atoms with Crippen molar-refractivity contribution in [1.29, 1.82) is 5.26 Å². The average Bonchev–Trinajstić information content (AvgIpc) is 3.24. The summed E-state index contributed by atoms with van der Waals surface area (Å²) in [6.45, 7) is 2.70. The highest BCUT2D eigenvalue weighted by Crippen LogP contribution is 2.43. The number of amides is 1. The van der Waals surface area contributed by atoms with Gasteiger partial charge in [0.05, 0.1) is 12.8 Å². The number of piperidine rings is 2. The maximum atomic E-state index is 12.6. The molecule has 2 aliphatic heterocycles. The average molecular weight is 368 g/mol. The summed E-state index contributed by atoms with van der Waals surface area (Å²) in [4.78, 5) is 21.3. The van der Waals surface area contributed by atoms with Crippen molar-refractivity contribution in [3.8, 4) is 11.9 Å². The van der Waals surface area contributed by atoms with Gasteiger partial charge in [-0.1, -0.05) is 12.8 Å². The number of nitriles is 1. The summed E-state index contributed by atoms with van der Waals surface area (Å²) in [6, 6.07) is 4.64. The third-order valence-electron chi connectivity index (χ3n) is 6.66. The molecule has 3 aliphatic rings. The summed E-state index contributed by atoms with van der Waals surface area (Å²) < 4.78 is 5.29. The topological polar surface area (TPSA) is 69.5 Å². The lowest BCUT2D eigenvalue weighted by molar-refractivity contribution is -0.140. The SMILES string of the molecule is COc1nccc(N2CCCC3(CCC(=O)N(C4CCCC4)C3)C2)c1C#N. The van der Waals surface area contributed by atoms with E-state index in [0.717, 1.165) is 57.4 Å². The lowest BCUT2D eigenvalue weighted by atomic mass is 9.73. The summed E-state index contributed by atoms with van der Waals surface area (Å²) in [5.74, 6) is 0.731. The molecule has 6 heteroatoms. The summed E-state index contributed by atoms with van der Waals surface area (Å²) >= 11 is 0. The zero-order valence-electron chi connectivity index (χ0n) is 16.1. The van der Waals surface area contributed by atoms with Crippen LogP contribution in [-0.2, 0) is 4.79 Å². The van der Waals surface area contributed by atoms with Gasteiger partial charge in [-0.15, -0.1) is 0 Å². The lowest BCUT2D eigenvalue weighted by Gasteiger charge is -2.50. The number of hydrogen-bond acceptors (Lipinski definition) is 5. The smallest absolute Gasteiger partial charge is 0.233 e. The number of carbonyl (C=O) groups excluding carboxylic acids is 1. The van der Waals surface area contributed by atoms with Crippen molar-refractivity contribution in [3.63, 3.8) is 0 Å². The highest BCUT2D eigenvalue weighted by Gasteiger charge is 2.44. The molecule has 0 N–H and O–H groups in total. The molecule has 2 saturated heterocycles. The van der Waals surface area contributed by atoms with E-state index in [2.05, 4.69) is 20.9 Å². The molecule has 1 atom stereocenters. The van der Waals surface area contributed by atoms with Gasteiger partial charge in [-0.3, -0.25) is 4.79 Å². The standard InChI is InChI=1S/C21H28N4O2/c1-27-20-17(13-22)18(8-11-23-20)24-12-4-9-21(14-24)10-7-19(26)25(15-21)16-5-2-3-6-16/h8,11,16H,2-7,9-10,12,14-15H2,1H3. The monoisotopic (exact) mass is 368 g/mol. The zero-order chi connectivity index (χ0) is 18.9.